The van der Waals surface area contributed by atoms with Gasteiger partial charge in [-0.1, -0.05) is 0 Å². The molecule has 0 spiro atoms. The van der Waals surface area contributed by atoms with Crippen LogP contribution in [0.5, 0.6) is 5.88 Å². The molecule has 1 aromatic heterocycles. The Morgan fingerprint density at radius 2 is 2.35 bits per heavy atom. The topological polar surface area (TPSA) is 104 Å². The molecule has 1 atom stereocenters. The molecule has 3 N–H and O–H groups in total. The Hall–Kier alpha value is -2.15. The van der Waals surface area contributed by atoms with Gasteiger partial charge in [0.1, 0.15) is 6.61 Å². The van der Waals surface area contributed by atoms with E-state index in [1.807, 2.05) is 0 Å². The lowest BCUT2D eigenvalue weighted by Gasteiger charge is -2.10. The summed E-state index contributed by atoms with van der Waals surface area (Å²) in [7, 11) is 0. The Bertz CT molecular complexity index is 469. The van der Waals surface area contributed by atoms with Crippen molar-refractivity contribution in [3.05, 3.63) is 23.9 Å². The second kappa shape index (κ2) is 6.85. The Morgan fingerprint density at radius 1 is 1.50 bits per heavy atom. The number of carbonyl (C=O) groups excluding carboxylic acids is 2. The van der Waals surface area contributed by atoms with Crippen LogP contribution in [0.4, 0.5) is 0 Å². The molecule has 7 nitrogen and oxygen atoms in total. The van der Waals surface area contributed by atoms with Crippen molar-refractivity contribution in [3.63, 3.8) is 0 Å². The summed E-state index contributed by atoms with van der Waals surface area (Å²) in [6.07, 6.45) is 3.56. The average Bonchev–Trinajstić information content (AvgIpc) is 2.96. The first-order valence-electron chi connectivity index (χ1n) is 6.42. The van der Waals surface area contributed by atoms with E-state index in [4.69, 9.17) is 15.2 Å². The lowest BCUT2D eigenvalue weighted by Crippen LogP contribution is -2.33. The van der Waals surface area contributed by atoms with Crippen molar-refractivity contribution in [2.24, 2.45) is 5.73 Å². The molecule has 0 unspecified atom stereocenters. The molecular weight excluding hydrogens is 262 g/mol. The minimum atomic E-state index is -0.595. The van der Waals surface area contributed by atoms with Crippen molar-refractivity contribution in [1.29, 1.82) is 0 Å². The number of hydrogen-bond donors (Lipinski definition) is 2. The number of nitrogens with zero attached hydrogens (tertiary/aromatic N) is 1. The standard InChI is InChI=1S/C13H17N3O4/c14-11(17)7-16-13(18)9-3-4-12(15-6-9)20-8-10-2-1-5-19-10/h3-4,6,10H,1-2,5,7-8H2,(H2,14,17)(H,16,18)/t10-/m0/s1. The molecule has 1 saturated heterocycles. The molecule has 108 valence electrons. The van der Waals surface area contributed by atoms with Crippen molar-refractivity contribution >= 4 is 11.8 Å². The van der Waals surface area contributed by atoms with Gasteiger partial charge in [-0.2, -0.15) is 0 Å². The van der Waals surface area contributed by atoms with Crippen LogP contribution in [0.2, 0.25) is 0 Å². The first kappa shape index (κ1) is 14.3. The van der Waals surface area contributed by atoms with Crippen molar-refractivity contribution < 1.29 is 19.1 Å². The number of ether oxygens (including phenoxy) is 2. The van der Waals surface area contributed by atoms with Crippen molar-refractivity contribution in [2.45, 2.75) is 18.9 Å². The molecule has 1 fully saturated rings. The van der Waals surface area contributed by atoms with E-state index < -0.39 is 11.8 Å². The van der Waals surface area contributed by atoms with Gasteiger partial charge in [0.05, 0.1) is 18.2 Å². The molecule has 2 rings (SSSR count). The molecule has 0 saturated carbocycles. The summed E-state index contributed by atoms with van der Waals surface area (Å²) in [6.45, 7) is 1.04. The summed E-state index contributed by atoms with van der Waals surface area (Å²) in [6, 6.07) is 3.18. The number of nitrogens with two attached hydrogens (primary N) is 1. The summed E-state index contributed by atoms with van der Waals surface area (Å²) < 4.78 is 10.9. The number of nitrogens with one attached hydrogen (secondary N) is 1. The quantitative estimate of drug-likeness (QED) is 0.754. The van der Waals surface area contributed by atoms with Crippen LogP contribution in [0, 0.1) is 0 Å². The zero-order valence-corrected chi connectivity index (χ0v) is 11.0. The summed E-state index contributed by atoms with van der Waals surface area (Å²) in [5, 5.41) is 2.38. The molecule has 1 aliphatic rings. The lowest BCUT2D eigenvalue weighted by molar-refractivity contribution is -0.117. The van der Waals surface area contributed by atoms with Gasteiger partial charge in [0.15, 0.2) is 0 Å². The third-order valence-electron chi connectivity index (χ3n) is 2.86. The Kier molecular flexibility index (Phi) is 4.89. The Labute approximate surface area is 116 Å². The number of carbonyl (C=O) groups is 2. The Balaban J connectivity index is 1.82. The third kappa shape index (κ3) is 4.20. The van der Waals surface area contributed by atoms with Gasteiger partial charge in [-0.15, -0.1) is 0 Å². The van der Waals surface area contributed by atoms with Gasteiger partial charge in [-0.3, -0.25) is 9.59 Å². The largest absolute Gasteiger partial charge is 0.475 e. The molecular formula is C13H17N3O4. The number of aromatic nitrogens is 1. The van der Waals surface area contributed by atoms with Crippen LogP contribution >= 0.6 is 0 Å². The van der Waals surface area contributed by atoms with Crippen LogP contribution in [0.1, 0.15) is 23.2 Å². The minimum Gasteiger partial charge on any atom is -0.475 e. The van der Waals surface area contributed by atoms with Crippen LogP contribution in [-0.2, 0) is 9.53 Å². The SMILES string of the molecule is NC(=O)CNC(=O)c1ccc(OC[C@@H]2CCCO2)nc1. The van der Waals surface area contributed by atoms with Crippen LogP contribution in [0.3, 0.4) is 0 Å². The van der Waals surface area contributed by atoms with Gasteiger partial charge in [0.25, 0.3) is 5.91 Å². The number of amides is 2. The van der Waals surface area contributed by atoms with E-state index in [-0.39, 0.29) is 12.6 Å². The van der Waals surface area contributed by atoms with E-state index in [9.17, 15) is 9.59 Å². The van der Waals surface area contributed by atoms with Gasteiger partial charge in [-0.25, -0.2) is 4.98 Å². The smallest absolute Gasteiger partial charge is 0.253 e. The second-order valence-corrected chi connectivity index (χ2v) is 4.48. The monoisotopic (exact) mass is 279 g/mol. The molecule has 20 heavy (non-hydrogen) atoms. The van der Waals surface area contributed by atoms with Crippen molar-refractivity contribution in [2.75, 3.05) is 19.8 Å². The predicted molar refractivity (Wildman–Crippen MR) is 70.2 cm³/mol. The molecule has 2 heterocycles. The van der Waals surface area contributed by atoms with E-state index in [0.29, 0.717) is 18.1 Å². The normalized spacial score (nSPS) is 17.7. The van der Waals surface area contributed by atoms with E-state index in [1.54, 1.807) is 12.1 Å². The number of primary amides is 1. The molecule has 0 aromatic carbocycles. The third-order valence-corrected chi connectivity index (χ3v) is 2.86. The number of pyridine rings is 1. The van der Waals surface area contributed by atoms with E-state index in [1.165, 1.54) is 6.20 Å². The van der Waals surface area contributed by atoms with Crippen molar-refractivity contribution in [3.8, 4) is 5.88 Å². The van der Waals surface area contributed by atoms with E-state index >= 15 is 0 Å². The van der Waals surface area contributed by atoms with Crippen LogP contribution in [0.25, 0.3) is 0 Å². The maximum absolute atomic E-state index is 11.6. The highest BCUT2D eigenvalue weighted by Gasteiger charge is 2.16. The fourth-order valence-electron chi connectivity index (χ4n) is 1.82. The number of rotatable bonds is 6. The molecule has 0 radical (unpaired) electrons. The van der Waals surface area contributed by atoms with Gasteiger partial charge in [0, 0.05) is 18.9 Å². The van der Waals surface area contributed by atoms with Crippen LogP contribution in [-0.4, -0.2) is 42.7 Å². The maximum atomic E-state index is 11.6. The predicted octanol–water partition coefficient (Wildman–Crippen LogP) is -0.146. The highest BCUT2D eigenvalue weighted by molar-refractivity contribution is 5.96. The lowest BCUT2D eigenvalue weighted by atomic mass is 10.2. The summed E-state index contributed by atoms with van der Waals surface area (Å²) >= 11 is 0. The van der Waals surface area contributed by atoms with Gasteiger partial charge < -0.3 is 20.5 Å². The van der Waals surface area contributed by atoms with Crippen LogP contribution in [0.15, 0.2) is 18.3 Å². The first-order chi connectivity index (χ1) is 9.65. The first-order valence-corrected chi connectivity index (χ1v) is 6.42. The molecule has 1 aromatic rings. The zero-order chi connectivity index (χ0) is 14.4. The van der Waals surface area contributed by atoms with Gasteiger partial charge in [0.2, 0.25) is 11.8 Å². The fourth-order valence-corrected chi connectivity index (χ4v) is 1.82. The summed E-state index contributed by atoms with van der Waals surface area (Å²) in [5.74, 6) is -0.559. The zero-order valence-electron chi connectivity index (χ0n) is 11.0. The summed E-state index contributed by atoms with van der Waals surface area (Å²) in [4.78, 5) is 26.2. The van der Waals surface area contributed by atoms with Crippen molar-refractivity contribution in [1.82, 2.24) is 10.3 Å². The fraction of sp³-hybridized carbons (Fsp3) is 0.462. The summed E-state index contributed by atoms with van der Waals surface area (Å²) in [5.41, 5.74) is 5.28. The molecule has 2 amide bonds. The van der Waals surface area contributed by atoms with Gasteiger partial charge >= 0.3 is 0 Å². The average molecular weight is 279 g/mol. The highest BCUT2D eigenvalue weighted by atomic mass is 16.5. The van der Waals surface area contributed by atoms with E-state index in [2.05, 4.69) is 10.3 Å². The molecule has 0 bridgehead atoms. The van der Waals surface area contributed by atoms with Gasteiger partial charge in [-0.05, 0) is 18.9 Å². The number of hydrogen-bond acceptors (Lipinski definition) is 5. The highest BCUT2D eigenvalue weighted by Crippen LogP contribution is 2.14. The Morgan fingerprint density at radius 3 is 2.95 bits per heavy atom. The molecule has 1 aliphatic heterocycles. The van der Waals surface area contributed by atoms with E-state index in [0.717, 1.165) is 19.4 Å². The second-order valence-electron chi connectivity index (χ2n) is 4.48. The minimum absolute atomic E-state index is 0.121. The molecule has 7 heteroatoms. The van der Waals surface area contributed by atoms with Crippen LogP contribution < -0.4 is 15.8 Å². The maximum Gasteiger partial charge on any atom is 0.253 e. The molecule has 0 aliphatic carbocycles.